The van der Waals surface area contributed by atoms with E-state index in [0.717, 1.165) is 16.9 Å². The van der Waals surface area contributed by atoms with Crippen molar-refractivity contribution >= 4 is 33.8 Å². The minimum Gasteiger partial charge on any atom is -0.302 e. The van der Waals surface area contributed by atoms with Crippen molar-refractivity contribution in [2.45, 2.75) is 17.7 Å². The number of halogens is 2. The molecule has 2 atom stereocenters. The lowest BCUT2D eigenvalue weighted by Gasteiger charge is -2.12. The molecule has 0 N–H and O–H groups in total. The van der Waals surface area contributed by atoms with E-state index in [1.54, 1.807) is 0 Å². The summed E-state index contributed by atoms with van der Waals surface area (Å²) in [6.07, 6.45) is 5.04. The van der Waals surface area contributed by atoms with Gasteiger partial charge in [0.25, 0.3) is 0 Å². The molecule has 0 spiro atoms. The first-order chi connectivity index (χ1) is 8.13. The van der Waals surface area contributed by atoms with Crippen LogP contribution in [0.1, 0.15) is 18.4 Å². The molecule has 0 bridgehead atoms. The maximum absolute atomic E-state index is 10.8. The molecule has 17 heavy (non-hydrogen) atoms. The molecule has 3 heteroatoms. The second-order valence-electron chi connectivity index (χ2n) is 4.06. The second kappa shape index (κ2) is 5.19. The van der Waals surface area contributed by atoms with Gasteiger partial charge >= 0.3 is 0 Å². The summed E-state index contributed by atoms with van der Waals surface area (Å²) in [5, 5.41) is 0.740. The zero-order chi connectivity index (χ0) is 12.4. The number of carbonyl (C=O) groups excluding carboxylic acids is 1. The Balaban J connectivity index is 2.31. The Morgan fingerprint density at radius 1 is 1.35 bits per heavy atom. The molecule has 1 aromatic carbocycles. The van der Waals surface area contributed by atoms with E-state index in [1.807, 2.05) is 30.3 Å². The van der Waals surface area contributed by atoms with Crippen LogP contribution in [0.15, 0.2) is 47.6 Å². The molecule has 0 radical (unpaired) electrons. The zero-order valence-corrected chi connectivity index (χ0v) is 11.7. The lowest BCUT2D eigenvalue weighted by Crippen LogP contribution is -2.04. The molecule has 0 amide bonds. The molecule has 0 heterocycles. The Kier molecular flexibility index (Phi) is 3.85. The predicted octanol–water partition coefficient (Wildman–Crippen LogP) is 4.27. The molecule has 1 aliphatic carbocycles. The van der Waals surface area contributed by atoms with Gasteiger partial charge < -0.3 is 4.79 Å². The number of rotatable bonds is 3. The van der Waals surface area contributed by atoms with Crippen molar-refractivity contribution in [1.82, 2.24) is 0 Å². The summed E-state index contributed by atoms with van der Waals surface area (Å²) in [5.74, 6) is 0.252. The van der Waals surface area contributed by atoms with Crippen molar-refractivity contribution in [2.24, 2.45) is 0 Å². The van der Waals surface area contributed by atoms with Crippen molar-refractivity contribution in [2.75, 3.05) is 0 Å². The third kappa shape index (κ3) is 2.53. The molecule has 0 aliphatic heterocycles. The van der Waals surface area contributed by atoms with Crippen LogP contribution in [0.4, 0.5) is 0 Å². The van der Waals surface area contributed by atoms with E-state index in [4.69, 9.17) is 11.6 Å². The van der Waals surface area contributed by atoms with Crippen LogP contribution in [0.25, 0.3) is 0 Å². The lowest BCUT2D eigenvalue weighted by atomic mass is 9.93. The third-order valence-corrected chi connectivity index (χ3v) is 4.00. The highest BCUT2D eigenvalue weighted by molar-refractivity contribution is 9.10. The minimum atomic E-state index is -0.212. The van der Waals surface area contributed by atoms with Gasteiger partial charge in [0, 0.05) is 10.9 Å². The lowest BCUT2D eigenvalue weighted by molar-refractivity contribution is -0.106. The summed E-state index contributed by atoms with van der Waals surface area (Å²) in [6.45, 7) is 2.06. The number of benzene rings is 1. The molecule has 1 aliphatic rings. The minimum absolute atomic E-state index is 0.212. The van der Waals surface area contributed by atoms with E-state index in [1.165, 1.54) is 11.1 Å². The molecule has 2 rings (SSSR count). The molecule has 0 fully saturated rings. The highest BCUT2D eigenvalue weighted by Crippen LogP contribution is 2.36. The Bertz CT molecular complexity index is 487. The van der Waals surface area contributed by atoms with Crippen molar-refractivity contribution in [3.8, 4) is 0 Å². The van der Waals surface area contributed by atoms with Gasteiger partial charge in [-0.15, -0.1) is 0 Å². The van der Waals surface area contributed by atoms with E-state index < -0.39 is 0 Å². The van der Waals surface area contributed by atoms with E-state index in [0.29, 0.717) is 0 Å². The monoisotopic (exact) mass is 310 g/mol. The van der Waals surface area contributed by atoms with E-state index in [-0.39, 0.29) is 10.7 Å². The number of aldehydes is 1. The first-order valence-electron chi connectivity index (χ1n) is 5.37. The molecular weight excluding hydrogens is 300 g/mol. The summed E-state index contributed by atoms with van der Waals surface area (Å²) in [5.41, 5.74) is 3.46. The van der Waals surface area contributed by atoms with Crippen LogP contribution >= 0.6 is 27.5 Å². The topological polar surface area (TPSA) is 17.1 Å². The van der Waals surface area contributed by atoms with Crippen molar-refractivity contribution in [1.29, 1.82) is 0 Å². The highest BCUT2D eigenvalue weighted by atomic mass is 79.9. The first-order valence-corrected chi connectivity index (χ1v) is 6.66. The van der Waals surface area contributed by atoms with Gasteiger partial charge in [0.15, 0.2) is 0 Å². The standard InChI is InChI=1S/C14H12BrClO/c1-9-12(6-7-13(9)14(15)8-17)10-2-4-11(16)5-3-10/h2-8,12,14H,1H3. The molecule has 0 saturated carbocycles. The van der Waals surface area contributed by atoms with Crippen molar-refractivity contribution < 1.29 is 4.79 Å². The normalized spacial score (nSPS) is 20.8. The Hall–Kier alpha value is -0.860. The van der Waals surface area contributed by atoms with Crippen molar-refractivity contribution in [3.63, 3.8) is 0 Å². The zero-order valence-electron chi connectivity index (χ0n) is 9.36. The molecule has 0 saturated heterocycles. The summed E-state index contributed by atoms with van der Waals surface area (Å²) in [6, 6.07) is 7.82. The fourth-order valence-electron chi connectivity index (χ4n) is 2.07. The van der Waals surface area contributed by atoms with Gasteiger partial charge in [-0.1, -0.05) is 57.4 Å². The maximum atomic E-state index is 10.8. The largest absolute Gasteiger partial charge is 0.302 e. The van der Waals surface area contributed by atoms with Gasteiger partial charge in [0.1, 0.15) is 6.29 Å². The number of alkyl halides is 1. The smallest absolute Gasteiger partial charge is 0.138 e. The Labute approximate surface area is 114 Å². The van der Waals surface area contributed by atoms with Crippen LogP contribution < -0.4 is 0 Å². The number of allylic oxidation sites excluding steroid dienone is 4. The summed E-state index contributed by atoms with van der Waals surface area (Å²) < 4.78 is 0. The summed E-state index contributed by atoms with van der Waals surface area (Å²) >= 11 is 9.23. The fraction of sp³-hybridized carbons (Fsp3) is 0.214. The number of hydrogen-bond donors (Lipinski definition) is 0. The van der Waals surface area contributed by atoms with Crippen LogP contribution in [-0.4, -0.2) is 11.1 Å². The third-order valence-electron chi connectivity index (χ3n) is 3.04. The molecule has 0 aromatic heterocycles. The van der Waals surface area contributed by atoms with Crippen LogP contribution in [0, 0.1) is 0 Å². The van der Waals surface area contributed by atoms with Gasteiger partial charge in [-0.25, -0.2) is 0 Å². The molecule has 88 valence electrons. The fourth-order valence-corrected chi connectivity index (χ4v) is 2.71. The first kappa shape index (κ1) is 12.6. The average molecular weight is 312 g/mol. The SMILES string of the molecule is CC1=C(C(Br)C=O)C=CC1c1ccc(Cl)cc1. The van der Waals surface area contributed by atoms with E-state index >= 15 is 0 Å². The maximum Gasteiger partial charge on any atom is 0.138 e. The highest BCUT2D eigenvalue weighted by Gasteiger charge is 2.22. The summed E-state index contributed by atoms with van der Waals surface area (Å²) in [7, 11) is 0. The molecule has 1 nitrogen and oxygen atoms in total. The van der Waals surface area contributed by atoms with Gasteiger partial charge in [-0.3, -0.25) is 0 Å². The van der Waals surface area contributed by atoms with E-state index in [2.05, 4.69) is 28.9 Å². The van der Waals surface area contributed by atoms with Crippen LogP contribution in [0.3, 0.4) is 0 Å². The molecular formula is C14H12BrClO. The molecule has 1 aromatic rings. The van der Waals surface area contributed by atoms with Crippen LogP contribution in [0.5, 0.6) is 0 Å². The Morgan fingerprint density at radius 3 is 2.59 bits per heavy atom. The van der Waals surface area contributed by atoms with Gasteiger partial charge in [0.2, 0.25) is 0 Å². The second-order valence-corrected chi connectivity index (χ2v) is 5.49. The number of hydrogen-bond acceptors (Lipinski definition) is 1. The average Bonchev–Trinajstić information content (AvgIpc) is 2.71. The van der Waals surface area contributed by atoms with Gasteiger partial charge in [0.05, 0.1) is 4.83 Å². The summed E-state index contributed by atoms with van der Waals surface area (Å²) in [4.78, 5) is 10.6. The van der Waals surface area contributed by atoms with Crippen LogP contribution in [-0.2, 0) is 4.79 Å². The van der Waals surface area contributed by atoms with Gasteiger partial charge in [-0.2, -0.15) is 0 Å². The van der Waals surface area contributed by atoms with Gasteiger partial charge in [-0.05, 0) is 30.2 Å². The van der Waals surface area contributed by atoms with E-state index in [9.17, 15) is 4.79 Å². The quantitative estimate of drug-likeness (QED) is 0.602. The van der Waals surface area contributed by atoms with Crippen molar-refractivity contribution in [3.05, 3.63) is 58.1 Å². The predicted molar refractivity (Wildman–Crippen MR) is 74.8 cm³/mol. The van der Waals surface area contributed by atoms with Crippen LogP contribution in [0.2, 0.25) is 5.02 Å². The Morgan fingerprint density at radius 2 is 2.00 bits per heavy atom. The molecule has 2 unspecified atom stereocenters. The number of carbonyl (C=O) groups is 1.